The van der Waals surface area contributed by atoms with Gasteiger partial charge in [-0.3, -0.25) is 0 Å². The summed E-state index contributed by atoms with van der Waals surface area (Å²) in [5.74, 6) is 0.788. The molecule has 1 saturated carbocycles. The highest BCUT2D eigenvalue weighted by Crippen LogP contribution is 2.38. The molecule has 0 aromatic heterocycles. The first kappa shape index (κ1) is 20.1. The smallest absolute Gasteiger partial charge is 0.0369 e. The molecule has 0 bridgehead atoms. The average molecular weight is 389 g/mol. The molecule has 0 unspecified atom stereocenters. The van der Waals surface area contributed by atoms with E-state index in [9.17, 15) is 0 Å². The molecular weight excluding hydrogens is 352 g/mol. The zero-order chi connectivity index (χ0) is 20.4. The summed E-state index contributed by atoms with van der Waals surface area (Å²) in [6.07, 6.45) is 6.38. The molecule has 1 aliphatic heterocycles. The minimum absolute atomic E-state index is 0.643. The molecule has 2 aliphatic rings. The molecule has 1 heterocycles. The van der Waals surface area contributed by atoms with Gasteiger partial charge in [-0.05, 0) is 80.7 Å². The van der Waals surface area contributed by atoms with Gasteiger partial charge in [0.25, 0.3) is 0 Å². The Morgan fingerprint density at radius 1 is 1.00 bits per heavy atom. The van der Waals surface area contributed by atoms with Crippen LogP contribution in [0.4, 0.5) is 5.69 Å². The van der Waals surface area contributed by atoms with Crippen LogP contribution in [0.5, 0.6) is 0 Å². The zero-order valence-electron chi connectivity index (χ0n) is 18.5. The standard InChI is InChI=1S/C27H36N2/c1-5-16-29(26-14-17-28(18-15-26)22(4)23-8-9-23)25-12-10-24(11-13-25)27-19-20(2)6-7-21(27)3/h6-7,10-13,19,23,26H,4-5,8-9,14-18H2,1-3H3. The van der Waals surface area contributed by atoms with E-state index in [1.54, 1.807) is 0 Å². The molecule has 2 aromatic rings. The van der Waals surface area contributed by atoms with Gasteiger partial charge in [0.2, 0.25) is 0 Å². The Morgan fingerprint density at radius 3 is 2.31 bits per heavy atom. The number of aryl methyl sites for hydroxylation is 2. The summed E-state index contributed by atoms with van der Waals surface area (Å²) in [6.45, 7) is 14.5. The minimum Gasteiger partial charge on any atom is -0.375 e. The van der Waals surface area contributed by atoms with Crippen molar-refractivity contribution in [3.05, 3.63) is 65.9 Å². The monoisotopic (exact) mass is 388 g/mol. The van der Waals surface area contributed by atoms with Crippen molar-refractivity contribution in [3.63, 3.8) is 0 Å². The van der Waals surface area contributed by atoms with Crippen molar-refractivity contribution in [2.45, 2.75) is 58.9 Å². The van der Waals surface area contributed by atoms with E-state index in [1.807, 2.05) is 0 Å². The Bertz CT molecular complexity index is 839. The van der Waals surface area contributed by atoms with Crippen molar-refractivity contribution in [1.82, 2.24) is 4.90 Å². The first-order valence-electron chi connectivity index (χ1n) is 11.4. The minimum atomic E-state index is 0.643. The predicted octanol–water partition coefficient (Wildman–Crippen LogP) is 6.57. The van der Waals surface area contributed by atoms with Crippen LogP contribution >= 0.6 is 0 Å². The third-order valence-electron chi connectivity index (χ3n) is 6.73. The Hall–Kier alpha value is -2.22. The van der Waals surface area contributed by atoms with E-state index in [0.717, 1.165) is 12.5 Å². The summed E-state index contributed by atoms with van der Waals surface area (Å²) in [7, 11) is 0. The van der Waals surface area contributed by atoms with Gasteiger partial charge in [0.05, 0.1) is 0 Å². The molecule has 0 atom stereocenters. The maximum Gasteiger partial charge on any atom is 0.0369 e. The van der Waals surface area contributed by atoms with Gasteiger partial charge in [-0.2, -0.15) is 0 Å². The van der Waals surface area contributed by atoms with Crippen LogP contribution in [0.2, 0.25) is 0 Å². The number of benzene rings is 2. The first-order valence-corrected chi connectivity index (χ1v) is 11.4. The Kier molecular flexibility index (Phi) is 5.99. The third-order valence-corrected chi connectivity index (χ3v) is 6.73. The summed E-state index contributed by atoms with van der Waals surface area (Å²) in [5.41, 5.74) is 8.12. The molecule has 2 nitrogen and oxygen atoms in total. The number of anilines is 1. The van der Waals surface area contributed by atoms with Crippen LogP contribution in [0.1, 0.15) is 50.2 Å². The maximum atomic E-state index is 4.37. The van der Waals surface area contributed by atoms with Gasteiger partial charge >= 0.3 is 0 Å². The SMILES string of the molecule is C=C(C1CC1)N1CCC(N(CCC)c2ccc(-c3cc(C)ccc3C)cc2)CC1. The lowest BCUT2D eigenvalue weighted by atomic mass is 9.97. The van der Waals surface area contributed by atoms with Crippen molar-refractivity contribution >= 4 is 5.69 Å². The second kappa shape index (κ2) is 8.65. The normalized spacial score (nSPS) is 17.4. The van der Waals surface area contributed by atoms with Crippen molar-refractivity contribution in [1.29, 1.82) is 0 Å². The van der Waals surface area contributed by atoms with Gasteiger partial charge in [-0.1, -0.05) is 49.4 Å². The summed E-state index contributed by atoms with van der Waals surface area (Å²) < 4.78 is 0. The Balaban J connectivity index is 1.47. The fourth-order valence-electron chi connectivity index (χ4n) is 4.78. The quantitative estimate of drug-likeness (QED) is 0.529. The largest absolute Gasteiger partial charge is 0.375 e. The summed E-state index contributed by atoms with van der Waals surface area (Å²) in [6, 6.07) is 16.7. The topological polar surface area (TPSA) is 6.48 Å². The van der Waals surface area contributed by atoms with Crippen molar-refractivity contribution in [3.8, 4) is 11.1 Å². The molecule has 0 radical (unpaired) electrons. The highest BCUT2D eigenvalue weighted by atomic mass is 15.2. The van der Waals surface area contributed by atoms with E-state index in [4.69, 9.17) is 0 Å². The van der Waals surface area contributed by atoms with Crippen molar-refractivity contribution in [2.75, 3.05) is 24.5 Å². The fraction of sp³-hybridized carbons (Fsp3) is 0.481. The van der Waals surface area contributed by atoms with E-state index >= 15 is 0 Å². The van der Waals surface area contributed by atoms with Crippen LogP contribution in [-0.4, -0.2) is 30.6 Å². The summed E-state index contributed by atoms with van der Waals surface area (Å²) >= 11 is 0. The van der Waals surface area contributed by atoms with Crippen molar-refractivity contribution < 1.29 is 0 Å². The Morgan fingerprint density at radius 2 is 1.69 bits per heavy atom. The summed E-state index contributed by atoms with van der Waals surface area (Å²) in [4.78, 5) is 5.21. The number of allylic oxidation sites excluding steroid dienone is 1. The lowest BCUT2D eigenvalue weighted by Gasteiger charge is -2.41. The van der Waals surface area contributed by atoms with Crippen LogP contribution in [0.3, 0.4) is 0 Å². The van der Waals surface area contributed by atoms with E-state index in [1.165, 1.54) is 78.8 Å². The molecular formula is C27H36N2. The zero-order valence-corrected chi connectivity index (χ0v) is 18.5. The molecule has 1 saturated heterocycles. The van der Waals surface area contributed by atoms with Gasteiger partial charge in [0.15, 0.2) is 0 Å². The van der Waals surface area contributed by atoms with E-state index in [-0.39, 0.29) is 0 Å². The van der Waals surface area contributed by atoms with E-state index in [0.29, 0.717) is 6.04 Å². The second-order valence-corrected chi connectivity index (χ2v) is 9.04. The lowest BCUT2D eigenvalue weighted by molar-refractivity contribution is 0.248. The van der Waals surface area contributed by atoms with Crippen LogP contribution in [0, 0.1) is 19.8 Å². The molecule has 0 spiro atoms. The summed E-state index contributed by atoms with van der Waals surface area (Å²) in [5, 5.41) is 0. The predicted molar refractivity (Wildman–Crippen MR) is 125 cm³/mol. The van der Waals surface area contributed by atoms with Crippen LogP contribution < -0.4 is 4.90 Å². The molecule has 29 heavy (non-hydrogen) atoms. The molecule has 4 rings (SSSR count). The fourth-order valence-corrected chi connectivity index (χ4v) is 4.78. The molecule has 2 heteroatoms. The number of nitrogens with zero attached hydrogens (tertiary/aromatic N) is 2. The number of piperidine rings is 1. The number of hydrogen-bond donors (Lipinski definition) is 0. The van der Waals surface area contributed by atoms with Gasteiger partial charge < -0.3 is 9.80 Å². The molecule has 2 aromatic carbocycles. The number of hydrogen-bond acceptors (Lipinski definition) is 2. The molecule has 154 valence electrons. The second-order valence-electron chi connectivity index (χ2n) is 9.04. The van der Waals surface area contributed by atoms with Crippen LogP contribution in [0.15, 0.2) is 54.7 Å². The number of rotatable bonds is 7. The molecule has 0 amide bonds. The maximum absolute atomic E-state index is 4.37. The van der Waals surface area contributed by atoms with Gasteiger partial charge in [0, 0.05) is 37.1 Å². The first-order chi connectivity index (χ1) is 14.1. The van der Waals surface area contributed by atoms with Crippen LogP contribution in [0.25, 0.3) is 11.1 Å². The van der Waals surface area contributed by atoms with Gasteiger partial charge in [-0.25, -0.2) is 0 Å². The molecule has 1 aliphatic carbocycles. The molecule has 2 fully saturated rings. The lowest BCUT2D eigenvalue weighted by Crippen LogP contribution is -2.45. The highest BCUT2D eigenvalue weighted by molar-refractivity contribution is 5.70. The van der Waals surface area contributed by atoms with Crippen LogP contribution in [-0.2, 0) is 0 Å². The molecule has 0 N–H and O–H groups in total. The van der Waals surface area contributed by atoms with Crippen molar-refractivity contribution in [2.24, 2.45) is 5.92 Å². The average Bonchev–Trinajstić information content (AvgIpc) is 3.59. The van der Waals surface area contributed by atoms with Gasteiger partial charge in [0.1, 0.15) is 0 Å². The Labute approximate surface area is 177 Å². The third kappa shape index (κ3) is 4.52. The number of likely N-dealkylation sites (tertiary alicyclic amines) is 1. The van der Waals surface area contributed by atoms with Gasteiger partial charge in [-0.15, -0.1) is 0 Å². The highest BCUT2D eigenvalue weighted by Gasteiger charge is 2.31. The van der Waals surface area contributed by atoms with E-state index < -0.39 is 0 Å². The van der Waals surface area contributed by atoms with E-state index in [2.05, 4.69) is 79.6 Å².